The van der Waals surface area contributed by atoms with Gasteiger partial charge in [0.05, 0.1) is 26.1 Å². The zero-order valence-corrected chi connectivity index (χ0v) is 10.2. The van der Waals surface area contributed by atoms with Crippen LogP contribution in [0.4, 0.5) is 8.78 Å². The van der Waals surface area contributed by atoms with Crippen molar-refractivity contribution in [2.75, 3.05) is 26.3 Å². The molecule has 1 saturated heterocycles. The monoisotopic (exact) mass is 251 g/mol. The molecule has 1 amide bonds. The number of hydrogen-bond donors (Lipinski definition) is 1. The third-order valence-electron chi connectivity index (χ3n) is 3.06. The number of likely N-dealkylation sites (tertiary alicyclic amines) is 1. The molecule has 100 valence electrons. The third kappa shape index (κ3) is 3.89. The Kier molecular flexibility index (Phi) is 4.82. The van der Waals surface area contributed by atoms with Crippen molar-refractivity contribution in [1.82, 2.24) is 4.90 Å². The molecule has 0 bridgehead atoms. The first-order chi connectivity index (χ1) is 7.85. The highest BCUT2D eigenvalue weighted by molar-refractivity contribution is 5.77. The van der Waals surface area contributed by atoms with E-state index in [4.69, 9.17) is 0 Å². The van der Waals surface area contributed by atoms with E-state index in [9.17, 15) is 18.7 Å². The van der Waals surface area contributed by atoms with E-state index < -0.39 is 18.6 Å². The second-order valence-corrected chi connectivity index (χ2v) is 4.72. The minimum absolute atomic E-state index is 0.000218. The Morgan fingerprint density at radius 1 is 1.47 bits per heavy atom. The predicted octanol–water partition coefficient (Wildman–Crippen LogP) is 0.887. The SMILES string of the molecule is CC(C)C1(O)CN(C(=O)CCOCC(F)F)C1. The molecule has 0 aromatic carbocycles. The molecule has 4 nitrogen and oxygen atoms in total. The van der Waals surface area contributed by atoms with Gasteiger partial charge in [0.2, 0.25) is 5.91 Å². The molecule has 0 aromatic rings. The van der Waals surface area contributed by atoms with Gasteiger partial charge in [0, 0.05) is 0 Å². The maximum atomic E-state index is 11.7. The highest BCUT2D eigenvalue weighted by atomic mass is 19.3. The van der Waals surface area contributed by atoms with E-state index in [-0.39, 0.29) is 24.9 Å². The molecule has 0 radical (unpaired) electrons. The summed E-state index contributed by atoms with van der Waals surface area (Å²) in [4.78, 5) is 13.0. The molecule has 1 aliphatic rings. The highest BCUT2D eigenvalue weighted by Crippen LogP contribution is 2.28. The Morgan fingerprint density at radius 3 is 2.53 bits per heavy atom. The smallest absolute Gasteiger partial charge is 0.261 e. The standard InChI is InChI=1S/C11H19F2NO3/c1-8(2)11(16)6-14(7-11)10(15)3-4-17-5-9(12)13/h8-9,16H,3-7H2,1-2H3. The van der Waals surface area contributed by atoms with Crippen molar-refractivity contribution in [3.63, 3.8) is 0 Å². The molecule has 0 saturated carbocycles. The van der Waals surface area contributed by atoms with Crippen LogP contribution in [-0.4, -0.2) is 54.2 Å². The van der Waals surface area contributed by atoms with Gasteiger partial charge in [-0.1, -0.05) is 13.8 Å². The lowest BCUT2D eigenvalue weighted by molar-refractivity contribution is -0.164. The second-order valence-electron chi connectivity index (χ2n) is 4.72. The molecule has 0 atom stereocenters. The number of rotatable bonds is 6. The number of aliphatic hydroxyl groups is 1. The van der Waals surface area contributed by atoms with E-state index in [0.717, 1.165) is 0 Å². The highest BCUT2D eigenvalue weighted by Gasteiger charge is 2.45. The van der Waals surface area contributed by atoms with Crippen molar-refractivity contribution in [2.24, 2.45) is 5.92 Å². The van der Waals surface area contributed by atoms with Gasteiger partial charge in [-0.3, -0.25) is 4.79 Å². The molecule has 0 unspecified atom stereocenters. The van der Waals surface area contributed by atoms with E-state index in [2.05, 4.69) is 4.74 Å². The fraction of sp³-hybridized carbons (Fsp3) is 0.909. The Bertz CT molecular complexity index is 265. The number of halogens is 2. The molecule has 0 aliphatic carbocycles. The van der Waals surface area contributed by atoms with E-state index in [1.807, 2.05) is 13.8 Å². The van der Waals surface area contributed by atoms with Gasteiger partial charge in [-0.05, 0) is 5.92 Å². The van der Waals surface area contributed by atoms with Gasteiger partial charge in [-0.2, -0.15) is 0 Å². The Morgan fingerprint density at radius 2 is 2.06 bits per heavy atom. The number of nitrogens with zero attached hydrogens (tertiary/aromatic N) is 1. The summed E-state index contributed by atoms with van der Waals surface area (Å²) in [6, 6.07) is 0. The maximum Gasteiger partial charge on any atom is 0.261 e. The second kappa shape index (κ2) is 5.73. The largest absolute Gasteiger partial charge is 0.386 e. The number of amides is 1. The summed E-state index contributed by atoms with van der Waals surface area (Å²) >= 11 is 0. The molecule has 1 heterocycles. The van der Waals surface area contributed by atoms with E-state index in [1.165, 1.54) is 4.90 Å². The molecule has 1 rings (SSSR count). The number of alkyl halides is 2. The lowest BCUT2D eigenvalue weighted by Crippen LogP contribution is -2.66. The first kappa shape index (κ1) is 14.3. The van der Waals surface area contributed by atoms with Crippen LogP contribution in [0.3, 0.4) is 0 Å². The minimum Gasteiger partial charge on any atom is -0.386 e. The summed E-state index contributed by atoms with van der Waals surface area (Å²) in [7, 11) is 0. The molecule has 0 spiro atoms. The zero-order chi connectivity index (χ0) is 13.1. The summed E-state index contributed by atoms with van der Waals surface area (Å²) in [6.45, 7) is 3.79. The van der Waals surface area contributed by atoms with Gasteiger partial charge < -0.3 is 14.7 Å². The van der Waals surface area contributed by atoms with Crippen LogP contribution in [0.2, 0.25) is 0 Å². The molecular formula is C11H19F2NO3. The van der Waals surface area contributed by atoms with E-state index in [0.29, 0.717) is 13.1 Å². The average molecular weight is 251 g/mol. The third-order valence-corrected chi connectivity index (χ3v) is 3.06. The van der Waals surface area contributed by atoms with E-state index in [1.54, 1.807) is 0 Å². The van der Waals surface area contributed by atoms with Crippen LogP contribution in [-0.2, 0) is 9.53 Å². The van der Waals surface area contributed by atoms with Crippen LogP contribution in [0, 0.1) is 5.92 Å². The summed E-state index contributed by atoms with van der Waals surface area (Å²) in [6.07, 6.45) is -2.42. The molecular weight excluding hydrogens is 232 g/mol. The van der Waals surface area contributed by atoms with Crippen molar-refractivity contribution in [3.8, 4) is 0 Å². The maximum absolute atomic E-state index is 11.7. The molecule has 1 aliphatic heterocycles. The Hall–Kier alpha value is -0.750. The minimum atomic E-state index is -2.50. The van der Waals surface area contributed by atoms with Crippen molar-refractivity contribution < 1.29 is 23.4 Å². The number of β-amino-alcohol motifs (C(OH)–C–C–N with tert-alkyl or cyclic N) is 1. The normalized spacial score (nSPS) is 18.6. The van der Waals surface area contributed by atoms with Crippen molar-refractivity contribution >= 4 is 5.91 Å². The summed E-state index contributed by atoms with van der Waals surface area (Å²) in [5.74, 6) is -0.0637. The molecule has 1 fully saturated rings. The number of carbonyl (C=O) groups excluding carboxylic acids is 1. The van der Waals surface area contributed by atoms with Crippen molar-refractivity contribution in [3.05, 3.63) is 0 Å². The fourth-order valence-corrected chi connectivity index (χ4v) is 1.65. The Labute approximate surface area is 99.5 Å². The number of carbonyl (C=O) groups is 1. The number of hydrogen-bond acceptors (Lipinski definition) is 3. The molecule has 6 heteroatoms. The van der Waals surface area contributed by atoms with Gasteiger partial charge in [-0.15, -0.1) is 0 Å². The summed E-state index contributed by atoms with van der Waals surface area (Å²) in [5, 5.41) is 9.93. The number of ether oxygens (including phenoxy) is 1. The van der Waals surface area contributed by atoms with Crippen LogP contribution in [0.1, 0.15) is 20.3 Å². The van der Waals surface area contributed by atoms with Crippen molar-refractivity contribution in [2.45, 2.75) is 32.3 Å². The average Bonchev–Trinajstić information content (AvgIpc) is 2.18. The lowest BCUT2D eigenvalue weighted by Gasteiger charge is -2.49. The quantitative estimate of drug-likeness (QED) is 0.713. The van der Waals surface area contributed by atoms with Crippen molar-refractivity contribution in [1.29, 1.82) is 0 Å². The first-order valence-corrected chi connectivity index (χ1v) is 5.71. The predicted molar refractivity (Wildman–Crippen MR) is 57.8 cm³/mol. The van der Waals surface area contributed by atoms with E-state index >= 15 is 0 Å². The zero-order valence-electron chi connectivity index (χ0n) is 10.2. The van der Waals surface area contributed by atoms with Crippen LogP contribution in [0.5, 0.6) is 0 Å². The lowest BCUT2D eigenvalue weighted by atomic mass is 9.83. The molecule has 17 heavy (non-hydrogen) atoms. The molecule has 1 N–H and O–H groups in total. The van der Waals surface area contributed by atoms with Gasteiger partial charge in [0.15, 0.2) is 0 Å². The summed E-state index contributed by atoms with van der Waals surface area (Å²) in [5.41, 5.74) is -0.792. The first-order valence-electron chi connectivity index (χ1n) is 5.71. The van der Waals surface area contributed by atoms with Crippen LogP contribution in [0.25, 0.3) is 0 Å². The van der Waals surface area contributed by atoms with Gasteiger partial charge in [0.1, 0.15) is 12.2 Å². The molecule has 0 aromatic heterocycles. The van der Waals surface area contributed by atoms with Gasteiger partial charge >= 0.3 is 0 Å². The van der Waals surface area contributed by atoms with Crippen LogP contribution < -0.4 is 0 Å². The van der Waals surface area contributed by atoms with Crippen LogP contribution >= 0.6 is 0 Å². The Balaban J connectivity index is 2.15. The van der Waals surface area contributed by atoms with Crippen LogP contribution in [0.15, 0.2) is 0 Å². The fourth-order valence-electron chi connectivity index (χ4n) is 1.65. The summed E-state index contributed by atoms with van der Waals surface area (Å²) < 4.78 is 28.1. The van der Waals surface area contributed by atoms with Gasteiger partial charge in [-0.25, -0.2) is 8.78 Å². The topological polar surface area (TPSA) is 49.8 Å². The van der Waals surface area contributed by atoms with Gasteiger partial charge in [0.25, 0.3) is 6.43 Å².